The fourth-order valence-corrected chi connectivity index (χ4v) is 2.46. The first-order chi connectivity index (χ1) is 9.61. The lowest BCUT2D eigenvalue weighted by molar-refractivity contribution is 0.0822. The van der Waals surface area contributed by atoms with Crippen LogP contribution in [0.1, 0.15) is 23.8 Å². The van der Waals surface area contributed by atoms with E-state index in [1.54, 1.807) is 25.1 Å². The Labute approximate surface area is 121 Å². The van der Waals surface area contributed by atoms with Crippen molar-refractivity contribution in [1.29, 1.82) is 0 Å². The lowest BCUT2D eigenvalue weighted by Gasteiger charge is -2.22. The topological polar surface area (TPSA) is 39.7 Å². The van der Waals surface area contributed by atoms with Crippen molar-refractivity contribution in [1.82, 2.24) is 14.8 Å². The highest BCUT2D eigenvalue weighted by Gasteiger charge is 2.16. The number of aromatic nitrogens is 1. The van der Waals surface area contributed by atoms with Crippen molar-refractivity contribution in [2.45, 2.75) is 13.3 Å². The Hall–Kier alpha value is -1.62. The van der Waals surface area contributed by atoms with Gasteiger partial charge in [0.05, 0.1) is 0 Å². The van der Waals surface area contributed by atoms with Crippen LogP contribution in [0.15, 0.2) is 18.2 Å². The number of hydrogen-bond acceptors (Lipinski definition) is 4. The molecule has 110 valence electrons. The van der Waals surface area contributed by atoms with Gasteiger partial charge in [0.2, 0.25) is 0 Å². The van der Waals surface area contributed by atoms with Crippen molar-refractivity contribution in [3.63, 3.8) is 0 Å². The van der Waals surface area contributed by atoms with Crippen LogP contribution in [0.25, 0.3) is 0 Å². The van der Waals surface area contributed by atoms with Crippen molar-refractivity contribution in [3.05, 3.63) is 23.9 Å². The zero-order valence-electron chi connectivity index (χ0n) is 12.7. The highest BCUT2D eigenvalue weighted by Crippen LogP contribution is 2.15. The normalized spacial score (nSPS) is 16.9. The molecule has 0 bridgehead atoms. The van der Waals surface area contributed by atoms with Crippen LogP contribution < -0.4 is 4.90 Å². The fourth-order valence-electron chi connectivity index (χ4n) is 2.46. The predicted octanol–water partition coefficient (Wildman–Crippen LogP) is 1.32. The molecule has 0 N–H and O–H groups in total. The summed E-state index contributed by atoms with van der Waals surface area (Å²) in [6, 6.07) is 5.69. The number of amides is 1. The molecule has 0 spiro atoms. The van der Waals surface area contributed by atoms with Crippen LogP contribution in [0.4, 0.5) is 5.82 Å². The molecule has 20 heavy (non-hydrogen) atoms. The molecular weight excluding hydrogens is 252 g/mol. The lowest BCUT2D eigenvalue weighted by Crippen LogP contribution is -2.31. The van der Waals surface area contributed by atoms with Crippen molar-refractivity contribution < 1.29 is 4.79 Å². The van der Waals surface area contributed by atoms with E-state index in [-0.39, 0.29) is 5.91 Å². The van der Waals surface area contributed by atoms with Gasteiger partial charge in [-0.25, -0.2) is 4.98 Å². The summed E-state index contributed by atoms with van der Waals surface area (Å²) in [5.74, 6) is 0.868. The summed E-state index contributed by atoms with van der Waals surface area (Å²) in [5.41, 5.74) is 0.518. The first-order valence-electron chi connectivity index (χ1n) is 7.28. The molecule has 5 heteroatoms. The average Bonchev–Trinajstić information content (AvgIpc) is 2.71. The van der Waals surface area contributed by atoms with Crippen LogP contribution in [0.5, 0.6) is 0 Å². The molecule has 1 amide bonds. The third-order valence-electron chi connectivity index (χ3n) is 3.72. The first kappa shape index (κ1) is 14.8. The second-order valence-corrected chi connectivity index (χ2v) is 5.36. The molecular formula is C15H24N4O. The van der Waals surface area contributed by atoms with Crippen LogP contribution in [0.2, 0.25) is 0 Å². The Morgan fingerprint density at radius 2 is 2.05 bits per heavy atom. The van der Waals surface area contributed by atoms with E-state index in [9.17, 15) is 4.79 Å². The maximum absolute atomic E-state index is 12.0. The smallest absolute Gasteiger partial charge is 0.272 e. The van der Waals surface area contributed by atoms with Gasteiger partial charge in [-0.2, -0.15) is 0 Å². The molecule has 0 saturated carbocycles. The van der Waals surface area contributed by atoms with Gasteiger partial charge in [0.25, 0.3) is 5.91 Å². The van der Waals surface area contributed by atoms with E-state index < -0.39 is 0 Å². The van der Waals surface area contributed by atoms with Crippen molar-refractivity contribution >= 4 is 11.7 Å². The van der Waals surface area contributed by atoms with Gasteiger partial charge >= 0.3 is 0 Å². The summed E-state index contributed by atoms with van der Waals surface area (Å²) in [7, 11) is 3.50. The van der Waals surface area contributed by atoms with Crippen LogP contribution in [0, 0.1) is 0 Å². The molecule has 1 saturated heterocycles. The average molecular weight is 276 g/mol. The van der Waals surface area contributed by atoms with Gasteiger partial charge in [-0.15, -0.1) is 0 Å². The molecule has 1 aromatic heterocycles. The summed E-state index contributed by atoms with van der Waals surface area (Å²) < 4.78 is 0. The van der Waals surface area contributed by atoms with Gasteiger partial charge in [-0.3, -0.25) is 4.79 Å². The number of pyridine rings is 1. The maximum atomic E-state index is 12.0. The molecule has 0 radical (unpaired) electrons. The Morgan fingerprint density at radius 1 is 1.25 bits per heavy atom. The van der Waals surface area contributed by atoms with E-state index in [0.29, 0.717) is 5.69 Å². The van der Waals surface area contributed by atoms with Crippen LogP contribution in [0.3, 0.4) is 0 Å². The Morgan fingerprint density at radius 3 is 2.75 bits per heavy atom. The standard InChI is InChI=1S/C15H24N4O/c1-4-18-9-6-10-19(12-11-18)14-8-5-7-13(16-14)15(20)17(2)3/h5,7-8H,4,6,9-12H2,1-3H3. The quantitative estimate of drug-likeness (QED) is 0.834. The number of likely N-dealkylation sites (N-methyl/N-ethyl adjacent to an activating group) is 1. The van der Waals surface area contributed by atoms with E-state index in [0.717, 1.165) is 45.0 Å². The first-order valence-corrected chi connectivity index (χ1v) is 7.28. The van der Waals surface area contributed by atoms with Crippen LogP contribution in [-0.2, 0) is 0 Å². The molecule has 0 unspecified atom stereocenters. The summed E-state index contributed by atoms with van der Waals surface area (Å²) >= 11 is 0. The molecule has 1 aromatic rings. The largest absolute Gasteiger partial charge is 0.355 e. The molecule has 2 heterocycles. The Bertz CT molecular complexity index is 461. The van der Waals surface area contributed by atoms with E-state index in [2.05, 4.69) is 21.7 Å². The van der Waals surface area contributed by atoms with Crippen molar-refractivity contribution in [2.24, 2.45) is 0 Å². The third kappa shape index (κ3) is 3.48. The number of nitrogens with zero attached hydrogens (tertiary/aromatic N) is 4. The molecule has 1 aliphatic heterocycles. The fraction of sp³-hybridized carbons (Fsp3) is 0.600. The third-order valence-corrected chi connectivity index (χ3v) is 3.72. The summed E-state index contributed by atoms with van der Waals surface area (Å²) in [6.07, 6.45) is 1.14. The van der Waals surface area contributed by atoms with E-state index in [1.165, 1.54) is 0 Å². The van der Waals surface area contributed by atoms with Gasteiger partial charge in [0, 0.05) is 33.7 Å². The maximum Gasteiger partial charge on any atom is 0.272 e. The predicted molar refractivity (Wildman–Crippen MR) is 81.2 cm³/mol. The highest BCUT2D eigenvalue weighted by atomic mass is 16.2. The number of carbonyl (C=O) groups excluding carboxylic acids is 1. The van der Waals surface area contributed by atoms with E-state index in [4.69, 9.17) is 0 Å². The van der Waals surface area contributed by atoms with Crippen LogP contribution in [-0.4, -0.2) is 67.5 Å². The summed E-state index contributed by atoms with van der Waals surface area (Å²) in [5, 5.41) is 0. The van der Waals surface area contributed by atoms with E-state index >= 15 is 0 Å². The minimum Gasteiger partial charge on any atom is -0.355 e. The second kappa shape index (κ2) is 6.70. The Kier molecular flexibility index (Phi) is 4.95. The second-order valence-electron chi connectivity index (χ2n) is 5.36. The summed E-state index contributed by atoms with van der Waals surface area (Å²) in [6.45, 7) is 7.47. The number of rotatable bonds is 3. The number of hydrogen-bond donors (Lipinski definition) is 0. The van der Waals surface area contributed by atoms with Gasteiger partial charge in [-0.1, -0.05) is 13.0 Å². The SMILES string of the molecule is CCN1CCCN(c2cccc(C(=O)N(C)C)n2)CC1. The van der Waals surface area contributed by atoms with Crippen LogP contribution >= 0.6 is 0 Å². The van der Waals surface area contributed by atoms with E-state index in [1.807, 2.05) is 12.1 Å². The van der Waals surface area contributed by atoms with Gasteiger partial charge in [0.1, 0.15) is 11.5 Å². The molecule has 5 nitrogen and oxygen atoms in total. The highest BCUT2D eigenvalue weighted by molar-refractivity contribution is 5.92. The molecule has 1 aliphatic rings. The molecule has 2 rings (SSSR count). The molecule has 0 aromatic carbocycles. The molecule has 0 atom stereocenters. The zero-order valence-corrected chi connectivity index (χ0v) is 12.7. The molecule has 0 aliphatic carbocycles. The van der Waals surface area contributed by atoms with Crippen molar-refractivity contribution in [3.8, 4) is 0 Å². The zero-order chi connectivity index (χ0) is 14.5. The minimum absolute atomic E-state index is 0.0446. The monoisotopic (exact) mass is 276 g/mol. The lowest BCUT2D eigenvalue weighted by atomic mass is 10.3. The minimum atomic E-state index is -0.0446. The Balaban J connectivity index is 2.12. The van der Waals surface area contributed by atoms with Gasteiger partial charge < -0.3 is 14.7 Å². The van der Waals surface area contributed by atoms with Gasteiger partial charge in [-0.05, 0) is 31.6 Å². The number of anilines is 1. The van der Waals surface area contributed by atoms with Gasteiger partial charge in [0.15, 0.2) is 0 Å². The summed E-state index contributed by atoms with van der Waals surface area (Å²) in [4.78, 5) is 22.8. The van der Waals surface area contributed by atoms with Crippen molar-refractivity contribution in [2.75, 3.05) is 51.7 Å². The number of carbonyl (C=O) groups is 1. The molecule has 1 fully saturated rings.